The van der Waals surface area contributed by atoms with Gasteiger partial charge in [-0.25, -0.2) is 0 Å². The van der Waals surface area contributed by atoms with Gasteiger partial charge in [0.1, 0.15) is 6.29 Å². The van der Waals surface area contributed by atoms with Crippen LogP contribution in [-0.4, -0.2) is 30.3 Å². The Hall–Kier alpha value is -0.370. The third-order valence-corrected chi connectivity index (χ3v) is 2.93. The summed E-state index contributed by atoms with van der Waals surface area (Å²) in [4.78, 5) is 12.6. The van der Waals surface area contributed by atoms with Crippen LogP contribution >= 0.6 is 0 Å². The van der Waals surface area contributed by atoms with E-state index in [1.165, 1.54) is 19.4 Å². The molecule has 1 rings (SSSR count). The van der Waals surface area contributed by atoms with E-state index in [1.54, 1.807) is 0 Å². The third kappa shape index (κ3) is 1.80. The largest absolute Gasteiger partial charge is 0.303 e. The SMILES string of the molecule is CN1CCCC1(C)CCC=O. The van der Waals surface area contributed by atoms with Crippen molar-refractivity contribution in [2.45, 2.75) is 38.1 Å². The molecular weight excluding hydrogens is 138 g/mol. The standard InChI is InChI=1S/C9H17NO/c1-9(6-4-8-11)5-3-7-10(9)2/h8H,3-7H2,1-2H3. The van der Waals surface area contributed by atoms with Crippen molar-refractivity contribution in [3.63, 3.8) is 0 Å². The van der Waals surface area contributed by atoms with E-state index in [2.05, 4.69) is 18.9 Å². The lowest BCUT2D eigenvalue weighted by Gasteiger charge is -2.31. The van der Waals surface area contributed by atoms with Gasteiger partial charge in [-0.15, -0.1) is 0 Å². The first-order chi connectivity index (χ1) is 5.19. The van der Waals surface area contributed by atoms with Gasteiger partial charge >= 0.3 is 0 Å². The van der Waals surface area contributed by atoms with Gasteiger partial charge in [-0.3, -0.25) is 0 Å². The number of hydrogen-bond acceptors (Lipinski definition) is 2. The van der Waals surface area contributed by atoms with Crippen molar-refractivity contribution in [2.75, 3.05) is 13.6 Å². The van der Waals surface area contributed by atoms with Crippen LogP contribution < -0.4 is 0 Å². The molecule has 1 aliphatic heterocycles. The summed E-state index contributed by atoms with van der Waals surface area (Å²) in [6.07, 6.45) is 5.29. The summed E-state index contributed by atoms with van der Waals surface area (Å²) in [5, 5.41) is 0. The van der Waals surface area contributed by atoms with Gasteiger partial charge in [-0.1, -0.05) is 0 Å². The van der Waals surface area contributed by atoms with Crippen LogP contribution in [0.2, 0.25) is 0 Å². The van der Waals surface area contributed by atoms with Gasteiger partial charge in [0.05, 0.1) is 0 Å². The van der Waals surface area contributed by atoms with Crippen molar-refractivity contribution < 1.29 is 4.79 Å². The number of rotatable bonds is 3. The lowest BCUT2D eigenvalue weighted by Crippen LogP contribution is -2.37. The number of aldehydes is 1. The van der Waals surface area contributed by atoms with E-state index in [-0.39, 0.29) is 0 Å². The molecule has 1 unspecified atom stereocenters. The number of carbonyl (C=O) groups excluding carboxylic acids is 1. The maximum Gasteiger partial charge on any atom is 0.120 e. The van der Waals surface area contributed by atoms with Crippen molar-refractivity contribution >= 4 is 6.29 Å². The molecule has 64 valence electrons. The molecule has 0 aromatic rings. The molecule has 1 aliphatic rings. The molecule has 2 nitrogen and oxygen atoms in total. The van der Waals surface area contributed by atoms with Crippen molar-refractivity contribution in [2.24, 2.45) is 0 Å². The van der Waals surface area contributed by atoms with Crippen LogP contribution in [0.1, 0.15) is 32.6 Å². The van der Waals surface area contributed by atoms with E-state index in [1.807, 2.05) is 0 Å². The molecule has 1 heterocycles. The monoisotopic (exact) mass is 155 g/mol. The summed E-state index contributed by atoms with van der Waals surface area (Å²) in [6.45, 7) is 3.44. The minimum Gasteiger partial charge on any atom is -0.303 e. The number of nitrogens with zero attached hydrogens (tertiary/aromatic N) is 1. The van der Waals surface area contributed by atoms with Crippen molar-refractivity contribution in [3.8, 4) is 0 Å². The molecule has 1 atom stereocenters. The first-order valence-corrected chi connectivity index (χ1v) is 4.34. The predicted molar refractivity (Wildman–Crippen MR) is 45.6 cm³/mol. The van der Waals surface area contributed by atoms with Gasteiger partial charge in [-0.05, 0) is 39.8 Å². The summed E-state index contributed by atoms with van der Waals surface area (Å²) in [5.74, 6) is 0. The van der Waals surface area contributed by atoms with Gasteiger partial charge in [0.25, 0.3) is 0 Å². The topological polar surface area (TPSA) is 20.3 Å². The second kappa shape index (κ2) is 3.35. The van der Waals surface area contributed by atoms with Crippen LogP contribution in [0, 0.1) is 0 Å². The second-order valence-electron chi connectivity index (χ2n) is 3.73. The molecule has 0 saturated carbocycles. The average Bonchev–Trinajstić information content (AvgIpc) is 2.30. The summed E-state index contributed by atoms with van der Waals surface area (Å²) in [7, 11) is 2.15. The Balaban J connectivity index is 2.43. The Labute approximate surface area is 68.6 Å². The van der Waals surface area contributed by atoms with E-state index in [0.717, 1.165) is 12.7 Å². The van der Waals surface area contributed by atoms with Crippen molar-refractivity contribution in [1.82, 2.24) is 4.90 Å². The maximum atomic E-state index is 10.2. The first-order valence-electron chi connectivity index (χ1n) is 4.34. The zero-order valence-electron chi connectivity index (χ0n) is 7.47. The summed E-state index contributed by atoms with van der Waals surface area (Å²) < 4.78 is 0. The molecule has 0 N–H and O–H groups in total. The van der Waals surface area contributed by atoms with E-state index < -0.39 is 0 Å². The fourth-order valence-electron chi connectivity index (χ4n) is 1.84. The maximum absolute atomic E-state index is 10.2. The quantitative estimate of drug-likeness (QED) is 0.575. The fraction of sp³-hybridized carbons (Fsp3) is 0.889. The van der Waals surface area contributed by atoms with E-state index in [4.69, 9.17) is 0 Å². The lowest BCUT2D eigenvalue weighted by atomic mass is 9.93. The molecule has 11 heavy (non-hydrogen) atoms. The Bertz CT molecular complexity index is 146. The Morgan fingerprint density at radius 1 is 1.64 bits per heavy atom. The van der Waals surface area contributed by atoms with E-state index in [0.29, 0.717) is 12.0 Å². The van der Waals surface area contributed by atoms with Crippen LogP contribution in [-0.2, 0) is 4.79 Å². The van der Waals surface area contributed by atoms with E-state index >= 15 is 0 Å². The number of hydrogen-bond donors (Lipinski definition) is 0. The van der Waals surface area contributed by atoms with Crippen LogP contribution in [0.4, 0.5) is 0 Å². The fourth-order valence-corrected chi connectivity index (χ4v) is 1.84. The average molecular weight is 155 g/mol. The normalized spacial score (nSPS) is 32.5. The summed E-state index contributed by atoms with van der Waals surface area (Å²) >= 11 is 0. The van der Waals surface area contributed by atoms with Crippen LogP contribution in [0.15, 0.2) is 0 Å². The molecule has 0 bridgehead atoms. The van der Waals surface area contributed by atoms with Gasteiger partial charge in [0.2, 0.25) is 0 Å². The third-order valence-electron chi connectivity index (χ3n) is 2.93. The minimum atomic E-state index is 0.306. The highest BCUT2D eigenvalue weighted by Crippen LogP contribution is 2.30. The molecule has 1 saturated heterocycles. The number of carbonyl (C=O) groups is 1. The zero-order chi connectivity index (χ0) is 8.32. The Morgan fingerprint density at radius 2 is 2.36 bits per heavy atom. The molecular formula is C9H17NO. The molecule has 0 aromatic heterocycles. The second-order valence-corrected chi connectivity index (χ2v) is 3.73. The summed E-state index contributed by atoms with van der Waals surface area (Å²) in [5.41, 5.74) is 0.306. The molecule has 0 aliphatic carbocycles. The van der Waals surface area contributed by atoms with Gasteiger partial charge in [-0.2, -0.15) is 0 Å². The highest BCUT2D eigenvalue weighted by atomic mass is 16.1. The molecule has 0 spiro atoms. The molecule has 0 radical (unpaired) electrons. The van der Waals surface area contributed by atoms with Crippen LogP contribution in [0.5, 0.6) is 0 Å². The lowest BCUT2D eigenvalue weighted by molar-refractivity contribution is -0.108. The molecule has 0 amide bonds. The first kappa shape index (κ1) is 8.72. The number of likely N-dealkylation sites (tertiary alicyclic amines) is 1. The molecule has 0 aromatic carbocycles. The minimum absolute atomic E-state index is 0.306. The zero-order valence-corrected chi connectivity index (χ0v) is 7.47. The summed E-state index contributed by atoms with van der Waals surface area (Å²) in [6, 6.07) is 0. The molecule has 2 heteroatoms. The van der Waals surface area contributed by atoms with Gasteiger partial charge in [0, 0.05) is 12.0 Å². The smallest absolute Gasteiger partial charge is 0.120 e. The van der Waals surface area contributed by atoms with Crippen LogP contribution in [0.25, 0.3) is 0 Å². The highest BCUT2D eigenvalue weighted by Gasteiger charge is 2.32. The Kier molecular flexibility index (Phi) is 2.66. The van der Waals surface area contributed by atoms with E-state index in [9.17, 15) is 4.79 Å². The van der Waals surface area contributed by atoms with Gasteiger partial charge < -0.3 is 9.69 Å². The highest BCUT2D eigenvalue weighted by molar-refractivity contribution is 5.49. The molecule has 1 fully saturated rings. The van der Waals surface area contributed by atoms with Crippen molar-refractivity contribution in [1.29, 1.82) is 0 Å². The van der Waals surface area contributed by atoms with Crippen LogP contribution in [0.3, 0.4) is 0 Å². The van der Waals surface area contributed by atoms with Gasteiger partial charge in [0.15, 0.2) is 0 Å². The predicted octanol–water partition coefficient (Wildman–Crippen LogP) is 1.45. The van der Waals surface area contributed by atoms with Crippen molar-refractivity contribution in [3.05, 3.63) is 0 Å². The Morgan fingerprint density at radius 3 is 2.82 bits per heavy atom.